The average molecular weight is 477 g/mol. The fourth-order valence-corrected chi connectivity index (χ4v) is 3.38. The Bertz CT molecular complexity index is 1280. The van der Waals surface area contributed by atoms with Gasteiger partial charge < -0.3 is 24.3 Å². The smallest absolute Gasteiger partial charge is 0.335 e. The number of carbonyl (C=O) groups is 3. The number of rotatable bonds is 8. The Labute approximate surface area is 200 Å². The molecule has 35 heavy (non-hydrogen) atoms. The number of carboxylic acid groups (broad SMARTS) is 1. The molecule has 3 N–H and O–H groups in total. The molecule has 0 saturated heterocycles. The first-order valence-electron chi connectivity index (χ1n) is 10.8. The van der Waals surface area contributed by atoms with Crippen molar-refractivity contribution in [2.24, 2.45) is 11.0 Å². The molecule has 180 valence electrons. The number of benzene rings is 2. The number of amides is 2. The molecule has 0 spiro atoms. The third-order valence-electron chi connectivity index (χ3n) is 5.28. The lowest BCUT2D eigenvalue weighted by Crippen LogP contribution is -2.48. The number of carboxylic acids is 1. The Hall–Kier alpha value is -4.60. The molecule has 0 radical (unpaired) electrons. The largest absolute Gasteiger partial charge is 0.478 e. The van der Waals surface area contributed by atoms with E-state index >= 15 is 0 Å². The monoisotopic (exact) mass is 477 g/mol. The summed E-state index contributed by atoms with van der Waals surface area (Å²) in [6, 6.07) is 13.6. The summed E-state index contributed by atoms with van der Waals surface area (Å²) in [7, 11) is 0. The van der Waals surface area contributed by atoms with Gasteiger partial charge >= 0.3 is 5.97 Å². The minimum Gasteiger partial charge on any atom is -0.478 e. The van der Waals surface area contributed by atoms with Crippen molar-refractivity contribution in [2.45, 2.75) is 19.9 Å². The summed E-state index contributed by atoms with van der Waals surface area (Å²) >= 11 is 0. The molecular weight excluding hydrogens is 454 g/mol. The standard InChI is InChI=1S/C25H23N3O7/c1-14(2)22(27-23(29)17-7-9-20-21(11-17)34-13-33-20)24(30)28-26-12-18-8-10-19(35-18)15-3-5-16(6-4-15)25(31)32/h3-12,14,22H,13H2,1-2H3,(H,27,29)(H,28,30)(H,31,32)/b26-12+/t22-/m1/s1. The fraction of sp³-hybridized carbons (Fsp3) is 0.200. The third kappa shape index (κ3) is 5.49. The van der Waals surface area contributed by atoms with Gasteiger partial charge in [0.1, 0.15) is 17.6 Å². The highest BCUT2D eigenvalue weighted by Gasteiger charge is 2.25. The number of hydrogen-bond acceptors (Lipinski definition) is 7. The zero-order valence-corrected chi connectivity index (χ0v) is 19.0. The van der Waals surface area contributed by atoms with Gasteiger partial charge in [-0.1, -0.05) is 26.0 Å². The van der Waals surface area contributed by atoms with Crippen LogP contribution >= 0.6 is 0 Å². The molecule has 4 rings (SSSR count). The van der Waals surface area contributed by atoms with Crippen LogP contribution in [0.1, 0.15) is 40.3 Å². The van der Waals surface area contributed by atoms with Crippen LogP contribution in [0.15, 0.2) is 64.1 Å². The predicted molar refractivity (Wildman–Crippen MR) is 125 cm³/mol. The summed E-state index contributed by atoms with van der Waals surface area (Å²) < 4.78 is 16.2. The van der Waals surface area contributed by atoms with Gasteiger partial charge in [-0.15, -0.1) is 0 Å². The van der Waals surface area contributed by atoms with E-state index in [0.717, 1.165) is 0 Å². The molecule has 0 aliphatic carbocycles. The van der Waals surface area contributed by atoms with Crippen molar-refractivity contribution in [3.8, 4) is 22.8 Å². The second-order valence-electron chi connectivity index (χ2n) is 8.08. The van der Waals surface area contributed by atoms with Gasteiger partial charge in [-0.25, -0.2) is 10.2 Å². The highest BCUT2D eigenvalue weighted by atomic mass is 16.7. The quantitative estimate of drug-likeness (QED) is 0.334. The zero-order chi connectivity index (χ0) is 24.9. The van der Waals surface area contributed by atoms with Gasteiger partial charge in [-0.05, 0) is 48.4 Å². The molecule has 1 aliphatic rings. The topological polar surface area (TPSA) is 139 Å². The number of fused-ring (bicyclic) bond motifs is 1. The Morgan fingerprint density at radius 1 is 0.971 bits per heavy atom. The zero-order valence-electron chi connectivity index (χ0n) is 19.0. The van der Waals surface area contributed by atoms with Crippen molar-refractivity contribution < 1.29 is 33.4 Å². The fourth-order valence-electron chi connectivity index (χ4n) is 3.38. The van der Waals surface area contributed by atoms with Crippen LogP contribution in [0.2, 0.25) is 0 Å². The van der Waals surface area contributed by atoms with E-state index in [1.807, 2.05) is 13.8 Å². The van der Waals surface area contributed by atoms with E-state index in [0.29, 0.717) is 34.1 Å². The summed E-state index contributed by atoms with van der Waals surface area (Å²) in [5.74, 6) is -0.180. The third-order valence-corrected chi connectivity index (χ3v) is 5.28. The average Bonchev–Trinajstić information content (AvgIpc) is 3.51. The molecule has 1 aliphatic heterocycles. The van der Waals surface area contributed by atoms with E-state index in [9.17, 15) is 14.4 Å². The number of carbonyl (C=O) groups excluding carboxylic acids is 2. The number of ether oxygens (including phenoxy) is 2. The van der Waals surface area contributed by atoms with Crippen LogP contribution in [-0.4, -0.2) is 41.9 Å². The maximum absolute atomic E-state index is 12.7. The Kier molecular flexibility index (Phi) is 6.81. The molecule has 10 heteroatoms. The van der Waals surface area contributed by atoms with E-state index in [1.54, 1.807) is 42.5 Å². The van der Waals surface area contributed by atoms with E-state index in [4.69, 9.17) is 19.0 Å². The molecule has 0 fully saturated rings. The van der Waals surface area contributed by atoms with Crippen LogP contribution in [0.4, 0.5) is 0 Å². The van der Waals surface area contributed by atoms with Crippen LogP contribution < -0.4 is 20.2 Å². The van der Waals surface area contributed by atoms with Crippen molar-refractivity contribution in [3.63, 3.8) is 0 Å². The highest BCUT2D eigenvalue weighted by Crippen LogP contribution is 2.32. The predicted octanol–water partition coefficient (Wildman–Crippen LogP) is 3.28. The van der Waals surface area contributed by atoms with Crippen LogP contribution in [0.3, 0.4) is 0 Å². The van der Waals surface area contributed by atoms with E-state index in [2.05, 4.69) is 15.8 Å². The van der Waals surface area contributed by atoms with Crippen LogP contribution in [0.5, 0.6) is 11.5 Å². The maximum atomic E-state index is 12.7. The highest BCUT2D eigenvalue weighted by molar-refractivity contribution is 5.98. The minimum atomic E-state index is -1.01. The Morgan fingerprint density at radius 3 is 2.40 bits per heavy atom. The first-order valence-corrected chi connectivity index (χ1v) is 10.8. The molecule has 0 bridgehead atoms. The van der Waals surface area contributed by atoms with Gasteiger partial charge in [0, 0.05) is 11.1 Å². The summed E-state index contributed by atoms with van der Waals surface area (Å²) in [4.78, 5) is 36.3. The molecular formula is C25H23N3O7. The second kappa shape index (κ2) is 10.1. The van der Waals surface area contributed by atoms with Crippen LogP contribution in [0, 0.1) is 5.92 Å². The summed E-state index contributed by atoms with van der Waals surface area (Å²) in [6.45, 7) is 3.72. The van der Waals surface area contributed by atoms with Crippen molar-refractivity contribution >= 4 is 24.0 Å². The normalized spacial score (nSPS) is 13.1. The number of nitrogens with one attached hydrogen (secondary N) is 2. The molecule has 2 aromatic carbocycles. The number of aromatic carboxylic acids is 1. The summed E-state index contributed by atoms with van der Waals surface area (Å²) in [5.41, 5.74) is 3.64. The van der Waals surface area contributed by atoms with Gasteiger partial charge in [-0.3, -0.25) is 9.59 Å². The molecule has 0 saturated carbocycles. The molecule has 0 unspecified atom stereocenters. The molecule has 2 amide bonds. The molecule has 2 heterocycles. The van der Waals surface area contributed by atoms with E-state index in [-0.39, 0.29) is 18.3 Å². The lowest BCUT2D eigenvalue weighted by atomic mass is 10.0. The van der Waals surface area contributed by atoms with E-state index in [1.165, 1.54) is 18.3 Å². The van der Waals surface area contributed by atoms with Crippen molar-refractivity contribution in [2.75, 3.05) is 6.79 Å². The number of nitrogens with zero attached hydrogens (tertiary/aromatic N) is 1. The van der Waals surface area contributed by atoms with Gasteiger partial charge in [0.05, 0.1) is 11.8 Å². The Morgan fingerprint density at radius 2 is 1.69 bits per heavy atom. The first kappa shape index (κ1) is 23.6. The van der Waals surface area contributed by atoms with Gasteiger partial charge in [-0.2, -0.15) is 5.10 Å². The van der Waals surface area contributed by atoms with Gasteiger partial charge in [0.15, 0.2) is 11.5 Å². The Balaban J connectivity index is 1.36. The second-order valence-corrected chi connectivity index (χ2v) is 8.08. The number of furan rings is 1. The number of hydrogen-bond donors (Lipinski definition) is 3. The lowest BCUT2D eigenvalue weighted by Gasteiger charge is -2.20. The van der Waals surface area contributed by atoms with Crippen LogP contribution in [-0.2, 0) is 4.79 Å². The number of hydrazone groups is 1. The van der Waals surface area contributed by atoms with Gasteiger partial charge in [0.25, 0.3) is 11.8 Å². The maximum Gasteiger partial charge on any atom is 0.335 e. The molecule has 1 aromatic heterocycles. The summed E-state index contributed by atoms with van der Waals surface area (Å²) in [6.07, 6.45) is 1.34. The van der Waals surface area contributed by atoms with Crippen LogP contribution in [0.25, 0.3) is 11.3 Å². The first-order chi connectivity index (χ1) is 16.8. The summed E-state index contributed by atoms with van der Waals surface area (Å²) in [5, 5.41) is 15.7. The molecule has 3 aromatic rings. The van der Waals surface area contributed by atoms with Crippen molar-refractivity contribution in [1.82, 2.24) is 10.7 Å². The minimum absolute atomic E-state index is 0.101. The molecule has 1 atom stereocenters. The SMILES string of the molecule is CC(C)[C@@H](NC(=O)c1ccc2c(c1)OCO2)C(=O)N/N=C/c1ccc(-c2ccc(C(=O)O)cc2)o1. The lowest BCUT2D eigenvalue weighted by molar-refractivity contribution is -0.123. The molecule has 10 nitrogen and oxygen atoms in total. The van der Waals surface area contributed by atoms with Gasteiger partial charge in [0.2, 0.25) is 6.79 Å². The van der Waals surface area contributed by atoms with Crippen molar-refractivity contribution in [3.05, 3.63) is 71.5 Å². The van der Waals surface area contributed by atoms with Crippen molar-refractivity contribution in [1.29, 1.82) is 0 Å². The van der Waals surface area contributed by atoms with E-state index < -0.39 is 23.8 Å².